The fraction of sp³-hybridized carbons (Fsp3) is 0.750. The first-order chi connectivity index (χ1) is 10.5. The summed E-state index contributed by atoms with van der Waals surface area (Å²) in [5, 5.41) is 7.92. The van der Waals surface area contributed by atoms with Crippen molar-refractivity contribution in [3.05, 3.63) is 15.6 Å². The molecule has 22 heavy (non-hydrogen) atoms. The zero-order chi connectivity index (χ0) is 16.5. The molecule has 1 aromatic rings. The van der Waals surface area contributed by atoms with E-state index in [1.807, 2.05) is 7.05 Å². The Morgan fingerprint density at radius 3 is 2.45 bits per heavy atom. The van der Waals surface area contributed by atoms with Crippen molar-refractivity contribution in [3.8, 4) is 0 Å². The maximum atomic E-state index is 4.56. The van der Waals surface area contributed by atoms with Gasteiger partial charge in [-0.25, -0.2) is 4.98 Å². The first-order valence-electron chi connectivity index (χ1n) is 8.09. The predicted octanol–water partition coefficient (Wildman–Crippen LogP) is 2.20. The monoisotopic (exact) mass is 325 g/mol. The molecule has 0 saturated heterocycles. The van der Waals surface area contributed by atoms with Crippen LogP contribution in [-0.2, 0) is 6.42 Å². The minimum Gasteiger partial charge on any atom is -0.356 e. The van der Waals surface area contributed by atoms with Crippen LogP contribution in [0.1, 0.15) is 36.3 Å². The van der Waals surface area contributed by atoms with Gasteiger partial charge in [-0.05, 0) is 34.2 Å². The third-order valence-corrected chi connectivity index (χ3v) is 4.89. The molecule has 6 heteroatoms. The summed E-state index contributed by atoms with van der Waals surface area (Å²) in [5.74, 6) is 0.866. The zero-order valence-electron chi connectivity index (χ0n) is 14.9. The van der Waals surface area contributed by atoms with E-state index in [2.05, 4.69) is 60.1 Å². The van der Waals surface area contributed by atoms with E-state index < -0.39 is 0 Å². The van der Waals surface area contributed by atoms with Gasteiger partial charge in [-0.3, -0.25) is 9.89 Å². The number of aromatic nitrogens is 1. The molecule has 0 amide bonds. The first kappa shape index (κ1) is 18.9. The predicted molar refractivity (Wildman–Crippen MR) is 97.0 cm³/mol. The first-order valence-corrected chi connectivity index (χ1v) is 8.91. The van der Waals surface area contributed by atoms with Crippen LogP contribution < -0.4 is 10.6 Å². The second-order valence-electron chi connectivity index (χ2n) is 5.65. The van der Waals surface area contributed by atoms with Gasteiger partial charge in [-0.2, -0.15) is 0 Å². The topological polar surface area (TPSA) is 52.5 Å². The van der Waals surface area contributed by atoms with Gasteiger partial charge in [0.2, 0.25) is 0 Å². The Morgan fingerprint density at radius 1 is 1.27 bits per heavy atom. The number of guanidine groups is 1. The highest BCUT2D eigenvalue weighted by atomic mass is 32.1. The van der Waals surface area contributed by atoms with Crippen LogP contribution in [0.2, 0.25) is 0 Å². The minimum absolute atomic E-state index is 0.582. The lowest BCUT2D eigenvalue weighted by molar-refractivity contribution is 0.237. The van der Waals surface area contributed by atoms with Gasteiger partial charge in [-0.1, -0.05) is 6.92 Å². The van der Waals surface area contributed by atoms with E-state index in [1.165, 1.54) is 9.88 Å². The van der Waals surface area contributed by atoms with E-state index in [1.54, 1.807) is 11.3 Å². The van der Waals surface area contributed by atoms with Crippen molar-refractivity contribution in [3.63, 3.8) is 0 Å². The van der Waals surface area contributed by atoms with E-state index >= 15 is 0 Å². The van der Waals surface area contributed by atoms with Gasteiger partial charge in [0.05, 0.1) is 10.7 Å². The Kier molecular flexibility index (Phi) is 8.42. The highest BCUT2D eigenvalue weighted by Crippen LogP contribution is 2.16. The lowest BCUT2D eigenvalue weighted by atomic mass is 10.3. The van der Waals surface area contributed by atoms with Crippen LogP contribution >= 0.6 is 11.3 Å². The molecule has 0 unspecified atom stereocenters. The van der Waals surface area contributed by atoms with Gasteiger partial charge in [0.15, 0.2) is 5.96 Å². The standard InChI is InChI=1S/C16H31N5S/c1-7-21(12(2)3)11-10-19-16(17-6)18-9-8-15-20-13(4)14(5)22-15/h12H,7-11H2,1-6H3,(H2,17,18,19). The van der Waals surface area contributed by atoms with Crippen molar-refractivity contribution < 1.29 is 0 Å². The van der Waals surface area contributed by atoms with Crippen molar-refractivity contribution in [2.45, 2.75) is 47.1 Å². The molecule has 0 spiro atoms. The molecule has 0 aliphatic carbocycles. The third-order valence-electron chi connectivity index (χ3n) is 3.76. The molecule has 0 fully saturated rings. The van der Waals surface area contributed by atoms with E-state index in [4.69, 9.17) is 0 Å². The molecule has 2 N–H and O–H groups in total. The van der Waals surface area contributed by atoms with Crippen molar-refractivity contribution in [1.29, 1.82) is 0 Å². The Morgan fingerprint density at radius 2 is 1.95 bits per heavy atom. The number of thiazole rings is 1. The lowest BCUT2D eigenvalue weighted by Crippen LogP contribution is -2.43. The average Bonchev–Trinajstić information content (AvgIpc) is 2.79. The Hall–Kier alpha value is -1.14. The molecule has 0 aliphatic heterocycles. The lowest BCUT2D eigenvalue weighted by Gasteiger charge is -2.25. The Balaban J connectivity index is 2.28. The van der Waals surface area contributed by atoms with Crippen LogP contribution in [-0.4, -0.2) is 55.1 Å². The fourth-order valence-corrected chi connectivity index (χ4v) is 3.19. The molecule has 0 saturated carbocycles. The van der Waals surface area contributed by atoms with Gasteiger partial charge < -0.3 is 10.6 Å². The molecule has 0 radical (unpaired) electrons. The second kappa shape index (κ2) is 9.79. The quantitative estimate of drug-likeness (QED) is 0.568. The molecule has 0 aromatic carbocycles. The average molecular weight is 326 g/mol. The fourth-order valence-electron chi connectivity index (χ4n) is 2.25. The summed E-state index contributed by atoms with van der Waals surface area (Å²) in [7, 11) is 1.81. The SMILES string of the molecule is CCN(CCNC(=NC)NCCc1nc(C)c(C)s1)C(C)C. The summed E-state index contributed by atoms with van der Waals surface area (Å²) in [5.41, 5.74) is 1.15. The van der Waals surface area contributed by atoms with Gasteiger partial charge in [-0.15, -0.1) is 11.3 Å². The van der Waals surface area contributed by atoms with Gasteiger partial charge in [0.1, 0.15) is 0 Å². The zero-order valence-corrected chi connectivity index (χ0v) is 15.7. The number of nitrogens with one attached hydrogen (secondary N) is 2. The molecule has 1 aromatic heterocycles. The molecular weight excluding hydrogens is 294 g/mol. The summed E-state index contributed by atoms with van der Waals surface area (Å²) < 4.78 is 0. The van der Waals surface area contributed by atoms with Crippen LogP contribution in [0, 0.1) is 13.8 Å². The number of aliphatic imine (C=N–C) groups is 1. The highest BCUT2D eigenvalue weighted by molar-refractivity contribution is 7.11. The van der Waals surface area contributed by atoms with Crippen LogP contribution in [0.3, 0.4) is 0 Å². The molecular formula is C16H31N5S. The van der Waals surface area contributed by atoms with E-state index in [9.17, 15) is 0 Å². The maximum absolute atomic E-state index is 4.56. The summed E-state index contributed by atoms with van der Waals surface area (Å²) in [6.07, 6.45) is 0.938. The highest BCUT2D eigenvalue weighted by Gasteiger charge is 2.07. The molecule has 0 bridgehead atoms. The second-order valence-corrected chi connectivity index (χ2v) is 6.94. The maximum Gasteiger partial charge on any atom is 0.191 e. The molecule has 0 atom stereocenters. The number of likely N-dealkylation sites (N-methyl/N-ethyl adjacent to an activating group) is 1. The minimum atomic E-state index is 0.582. The van der Waals surface area contributed by atoms with Gasteiger partial charge in [0, 0.05) is 44.0 Å². The Labute approximate surface area is 139 Å². The number of nitrogens with zero attached hydrogens (tertiary/aromatic N) is 3. The van der Waals surface area contributed by atoms with Gasteiger partial charge in [0.25, 0.3) is 0 Å². The molecule has 5 nitrogen and oxygen atoms in total. The summed E-state index contributed by atoms with van der Waals surface area (Å²) in [6.45, 7) is 14.7. The summed E-state index contributed by atoms with van der Waals surface area (Å²) in [4.78, 5) is 12.6. The van der Waals surface area contributed by atoms with E-state index in [-0.39, 0.29) is 0 Å². The molecule has 1 rings (SSSR count). The number of hydrogen-bond donors (Lipinski definition) is 2. The molecule has 1 heterocycles. The molecule has 0 aliphatic rings. The Bertz CT molecular complexity index is 448. The van der Waals surface area contributed by atoms with Crippen molar-refractivity contribution in [1.82, 2.24) is 20.5 Å². The number of hydrogen-bond acceptors (Lipinski definition) is 4. The van der Waals surface area contributed by atoms with E-state index in [0.717, 1.165) is 44.3 Å². The van der Waals surface area contributed by atoms with Crippen LogP contribution in [0.5, 0.6) is 0 Å². The number of aryl methyl sites for hydroxylation is 2. The smallest absolute Gasteiger partial charge is 0.191 e. The largest absolute Gasteiger partial charge is 0.356 e. The summed E-state index contributed by atoms with van der Waals surface area (Å²) in [6, 6.07) is 0.582. The van der Waals surface area contributed by atoms with Crippen LogP contribution in [0.15, 0.2) is 4.99 Å². The summed E-state index contributed by atoms with van der Waals surface area (Å²) >= 11 is 1.78. The van der Waals surface area contributed by atoms with Crippen LogP contribution in [0.4, 0.5) is 0 Å². The van der Waals surface area contributed by atoms with Crippen molar-refractivity contribution in [2.24, 2.45) is 4.99 Å². The van der Waals surface area contributed by atoms with Crippen LogP contribution in [0.25, 0.3) is 0 Å². The normalized spacial score (nSPS) is 12.3. The molecule has 126 valence electrons. The van der Waals surface area contributed by atoms with Crippen molar-refractivity contribution >= 4 is 17.3 Å². The number of rotatable bonds is 8. The third kappa shape index (κ3) is 6.32. The van der Waals surface area contributed by atoms with E-state index in [0.29, 0.717) is 6.04 Å². The van der Waals surface area contributed by atoms with Gasteiger partial charge >= 0.3 is 0 Å². The van der Waals surface area contributed by atoms with Crippen molar-refractivity contribution in [2.75, 3.05) is 33.2 Å².